The van der Waals surface area contributed by atoms with Crippen molar-refractivity contribution < 1.29 is 14.5 Å². The van der Waals surface area contributed by atoms with Crippen LogP contribution in [0.2, 0.25) is 0 Å². The van der Waals surface area contributed by atoms with E-state index in [-0.39, 0.29) is 17.0 Å². The standard InChI is InChI=1S/C9H8INO4/c1-5(12)6-3-8(11(13)14)7(10)4-9(6)15-2/h3-4H,1-2H3. The number of halogens is 1. The predicted molar refractivity (Wildman–Crippen MR) is 62.4 cm³/mol. The monoisotopic (exact) mass is 321 g/mol. The topological polar surface area (TPSA) is 69.4 Å². The molecule has 0 fully saturated rings. The van der Waals surface area contributed by atoms with Crippen molar-refractivity contribution in [3.8, 4) is 5.75 Å². The Bertz CT molecular complexity index is 430. The Hall–Kier alpha value is -1.18. The third-order valence-corrected chi connectivity index (χ3v) is 2.71. The number of hydrogen-bond donors (Lipinski definition) is 0. The molecule has 0 N–H and O–H groups in total. The molecule has 5 nitrogen and oxygen atoms in total. The van der Waals surface area contributed by atoms with E-state index in [1.807, 2.05) is 22.6 Å². The Kier molecular flexibility index (Phi) is 3.61. The molecule has 1 rings (SSSR count). The molecule has 0 aromatic heterocycles. The van der Waals surface area contributed by atoms with E-state index in [1.54, 1.807) is 0 Å². The average Bonchev–Trinajstić information content (AvgIpc) is 2.16. The third kappa shape index (κ3) is 2.44. The maximum absolute atomic E-state index is 11.2. The number of methoxy groups -OCH3 is 1. The van der Waals surface area contributed by atoms with Crippen molar-refractivity contribution in [3.63, 3.8) is 0 Å². The van der Waals surface area contributed by atoms with Crippen molar-refractivity contribution >= 4 is 34.1 Å². The fourth-order valence-corrected chi connectivity index (χ4v) is 1.76. The second-order valence-corrected chi connectivity index (χ2v) is 3.98. The summed E-state index contributed by atoms with van der Waals surface area (Å²) >= 11 is 1.83. The Labute approximate surface area is 99.7 Å². The van der Waals surface area contributed by atoms with Gasteiger partial charge in [-0.05, 0) is 29.5 Å². The molecule has 1 aromatic rings. The Morgan fingerprint density at radius 1 is 1.53 bits per heavy atom. The minimum Gasteiger partial charge on any atom is -0.496 e. The summed E-state index contributed by atoms with van der Waals surface area (Å²) in [6, 6.07) is 2.72. The minimum absolute atomic E-state index is 0.0819. The molecule has 0 atom stereocenters. The summed E-state index contributed by atoms with van der Waals surface area (Å²) in [5.41, 5.74) is 0.145. The van der Waals surface area contributed by atoms with Gasteiger partial charge in [0.2, 0.25) is 0 Å². The van der Waals surface area contributed by atoms with Crippen LogP contribution in [-0.2, 0) is 0 Å². The molecule has 0 heterocycles. The summed E-state index contributed by atoms with van der Waals surface area (Å²) in [5, 5.41) is 10.6. The number of carbonyl (C=O) groups is 1. The molecule has 0 spiro atoms. The minimum atomic E-state index is -0.520. The molecule has 0 unspecified atom stereocenters. The molecule has 0 aliphatic carbocycles. The van der Waals surface area contributed by atoms with Gasteiger partial charge in [-0.2, -0.15) is 0 Å². The highest BCUT2D eigenvalue weighted by molar-refractivity contribution is 14.1. The van der Waals surface area contributed by atoms with E-state index in [2.05, 4.69) is 0 Å². The molecular weight excluding hydrogens is 313 g/mol. The van der Waals surface area contributed by atoms with Gasteiger partial charge in [-0.1, -0.05) is 0 Å². The second kappa shape index (κ2) is 4.56. The van der Waals surface area contributed by atoms with Gasteiger partial charge in [-0.25, -0.2) is 0 Å². The van der Waals surface area contributed by atoms with Crippen molar-refractivity contribution in [2.45, 2.75) is 6.92 Å². The van der Waals surface area contributed by atoms with Gasteiger partial charge < -0.3 is 4.74 Å². The summed E-state index contributed by atoms with van der Waals surface area (Å²) in [6.45, 7) is 1.34. The highest BCUT2D eigenvalue weighted by Gasteiger charge is 2.18. The Morgan fingerprint density at radius 3 is 2.53 bits per heavy atom. The van der Waals surface area contributed by atoms with Gasteiger partial charge in [0.25, 0.3) is 5.69 Å². The largest absolute Gasteiger partial charge is 0.496 e. The van der Waals surface area contributed by atoms with Crippen molar-refractivity contribution in [2.24, 2.45) is 0 Å². The molecule has 80 valence electrons. The number of nitro benzene ring substituents is 1. The number of rotatable bonds is 3. The van der Waals surface area contributed by atoms with Crippen LogP contribution in [0.1, 0.15) is 17.3 Å². The molecule has 1 aromatic carbocycles. The van der Waals surface area contributed by atoms with Gasteiger partial charge in [0, 0.05) is 12.1 Å². The first-order valence-electron chi connectivity index (χ1n) is 4.00. The lowest BCUT2D eigenvalue weighted by Gasteiger charge is -2.06. The summed E-state index contributed by atoms with van der Waals surface area (Å²) in [7, 11) is 1.42. The molecule has 0 amide bonds. The number of Topliss-reactive ketones (excluding diaryl/α,β-unsaturated/α-hetero) is 1. The normalized spacial score (nSPS) is 9.80. The maximum Gasteiger partial charge on any atom is 0.283 e. The van der Waals surface area contributed by atoms with Crippen LogP contribution in [-0.4, -0.2) is 17.8 Å². The summed E-state index contributed by atoms with van der Waals surface area (Å²) in [6.07, 6.45) is 0. The molecule has 0 aliphatic heterocycles. The van der Waals surface area contributed by atoms with Crippen LogP contribution in [0.5, 0.6) is 5.75 Å². The zero-order valence-corrected chi connectivity index (χ0v) is 10.3. The molecule has 0 saturated heterocycles. The molecular formula is C9H8INO4. The Morgan fingerprint density at radius 2 is 2.13 bits per heavy atom. The first-order chi connectivity index (χ1) is 6.97. The van der Waals surface area contributed by atoms with Crippen LogP contribution >= 0.6 is 22.6 Å². The number of carbonyl (C=O) groups excluding carboxylic acids is 1. The van der Waals surface area contributed by atoms with Gasteiger partial charge in [0.05, 0.1) is 21.2 Å². The SMILES string of the molecule is COc1cc(I)c([N+](=O)[O-])cc1C(C)=O. The van der Waals surface area contributed by atoms with Crippen LogP contribution in [0.4, 0.5) is 5.69 Å². The van der Waals surface area contributed by atoms with E-state index >= 15 is 0 Å². The summed E-state index contributed by atoms with van der Waals surface area (Å²) < 4.78 is 5.42. The Balaban J connectivity index is 3.43. The quantitative estimate of drug-likeness (QED) is 0.371. The highest BCUT2D eigenvalue weighted by Crippen LogP contribution is 2.29. The van der Waals surface area contributed by atoms with E-state index in [0.717, 1.165) is 0 Å². The maximum atomic E-state index is 11.2. The second-order valence-electron chi connectivity index (χ2n) is 2.82. The third-order valence-electron chi connectivity index (χ3n) is 1.84. The van der Waals surface area contributed by atoms with Crippen LogP contribution in [0.25, 0.3) is 0 Å². The number of ketones is 1. The zero-order valence-electron chi connectivity index (χ0n) is 8.11. The first-order valence-corrected chi connectivity index (χ1v) is 5.08. The lowest BCUT2D eigenvalue weighted by atomic mass is 10.1. The van der Waals surface area contributed by atoms with Gasteiger partial charge in [-0.15, -0.1) is 0 Å². The number of hydrogen-bond acceptors (Lipinski definition) is 4. The molecule has 15 heavy (non-hydrogen) atoms. The van der Waals surface area contributed by atoms with E-state index in [0.29, 0.717) is 9.32 Å². The zero-order chi connectivity index (χ0) is 11.6. The smallest absolute Gasteiger partial charge is 0.283 e. The molecule has 0 saturated carbocycles. The van der Waals surface area contributed by atoms with Crippen molar-refractivity contribution in [2.75, 3.05) is 7.11 Å². The fourth-order valence-electron chi connectivity index (χ4n) is 1.13. The highest BCUT2D eigenvalue weighted by atomic mass is 127. The fraction of sp³-hybridized carbons (Fsp3) is 0.222. The van der Waals surface area contributed by atoms with Gasteiger partial charge in [0.1, 0.15) is 5.75 Å². The molecule has 0 bridgehead atoms. The number of nitro groups is 1. The van der Waals surface area contributed by atoms with E-state index in [9.17, 15) is 14.9 Å². The molecule has 0 aliphatic rings. The number of nitrogens with zero attached hydrogens (tertiary/aromatic N) is 1. The van der Waals surface area contributed by atoms with Gasteiger partial charge in [0.15, 0.2) is 5.78 Å². The van der Waals surface area contributed by atoms with Gasteiger partial charge in [-0.3, -0.25) is 14.9 Å². The van der Waals surface area contributed by atoms with Crippen molar-refractivity contribution in [1.29, 1.82) is 0 Å². The van der Waals surface area contributed by atoms with E-state index in [1.165, 1.54) is 26.2 Å². The molecule has 0 radical (unpaired) electrons. The summed E-state index contributed by atoms with van der Waals surface area (Å²) in [5.74, 6) is 0.101. The van der Waals surface area contributed by atoms with Crippen LogP contribution in [0, 0.1) is 13.7 Å². The van der Waals surface area contributed by atoms with Crippen LogP contribution < -0.4 is 4.74 Å². The lowest BCUT2D eigenvalue weighted by molar-refractivity contribution is -0.385. The molecule has 6 heteroatoms. The first kappa shape index (κ1) is 11.9. The van der Waals surface area contributed by atoms with E-state index in [4.69, 9.17) is 4.74 Å². The summed E-state index contributed by atoms with van der Waals surface area (Å²) in [4.78, 5) is 21.3. The number of benzene rings is 1. The van der Waals surface area contributed by atoms with Gasteiger partial charge >= 0.3 is 0 Å². The number of ether oxygens (including phenoxy) is 1. The van der Waals surface area contributed by atoms with Crippen LogP contribution in [0.3, 0.4) is 0 Å². The van der Waals surface area contributed by atoms with Crippen molar-refractivity contribution in [3.05, 3.63) is 31.4 Å². The lowest BCUT2D eigenvalue weighted by Crippen LogP contribution is -2.01. The predicted octanol–water partition coefficient (Wildman–Crippen LogP) is 2.41. The van der Waals surface area contributed by atoms with Crippen LogP contribution in [0.15, 0.2) is 12.1 Å². The van der Waals surface area contributed by atoms with E-state index < -0.39 is 4.92 Å². The van der Waals surface area contributed by atoms with Crippen molar-refractivity contribution in [1.82, 2.24) is 0 Å². The average molecular weight is 321 g/mol.